The Labute approximate surface area is 164 Å². The van der Waals surface area contributed by atoms with Crippen LogP contribution in [0.3, 0.4) is 0 Å². The van der Waals surface area contributed by atoms with Gasteiger partial charge >= 0.3 is 0 Å². The number of amides is 1. The summed E-state index contributed by atoms with van der Waals surface area (Å²) in [5, 5.41) is 4.93. The van der Waals surface area contributed by atoms with E-state index in [0.717, 1.165) is 25.3 Å². The van der Waals surface area contributed by atoms with Gasteiger partial charge in [-0.15, -0.1) is 11.3 Å². The number of carbonyl (C=O) groups is 1. The van der Waals surface area contributed by atoms with E-state index in [1.54, 1.807) is 17.6 Å². The van der Waals surface area contributed by atoms with Crippen molar-refractivity contribution in [1.82, 2.24) is 15.2 Å². The summed E-state index contributed by atoms with van der Waals surface area (Å²) >= 11 is 1.54. The molecule has 1 aliphatic heterocycles. The molecule has 1 aromatic carbocycles. The molecule has 1 fully saturated rings. The average Bonchev–Trinajstić information content (AvgIpc) is 3.18. The Morgan fingerprint density at radius 3 is 3.15 bits per heavy atom. The Morgan fingerprint density at radius 1 is 1.48 bits per heavy atom. The van der Waals surface area contributed by atoms with E-state index < -0.39 is 0 Å². The van der Waals surface area contributed by atoms with Crippen molar-refractivity contribution in [3.05, 3.63) is 46.4 Å². The molecule has 1 unspecified atom stereocenters. The van der Waals surface area contributed by atoms with Crippen molar-refractivity contribution < 1.29 is 14.3 Å². The summed E-state index contributed by atoms with van der Waals surface area (Å²) in [5.74, 6) is 1.18. The normalized spacial score (nSPS) is 17.8. The fourth-order valence-corrected chi connectivity index (χ4v) is 3.63. The number of aromatic nitrogens is 1. The highest BCUT2D eigenvalue weighted by Gasteiger charge is 2.21. The molecule has 1 saturated heterocycles. The molecule has 6 nitrogen and oxygen atoms in total. The first-order valence-corrected chi connectivity index (χ1v) is 10.3. The van der Waals surface area contributed by atoms with Gasteiger partial charge in [-0.3, -0.25) is 9.69 Å². The second-order valence-corrected chi connectivity index (χ2v) is 7.87. The van der Waals surface area contributed by atoms with Crippen LogP contribution in [0, 0.1) is 5.92 Å². The number of thiazole rings is 1. The molecule has 1 amide bonds. The number of hydrogen-bond acceptors (Lipinski definition) is 6. The van der Waals surface area contributed by atoms with Gasteiger partial charge in [0, 0.05) is 37.1 Å². The number of morpholine rings is 1. The minimum absolute atomic E-state index is 0.0329. The highest BCUT2D eigenvalue weighted by atomic mass is 32.1. The number of carbonyl (C=O) groups excluding carboxylic acids is 1. The van der Waals surface area contributed by atoms with E-state index in [0.29, 0.717) is 37.0 Å². The molecule has 2 heterocycles. The predicted octanol–water partition coefficient (Wildman–Crippen LogP) is 2.81. The monoisotopic (exact) mass is 389 g/mol. The summed E-state index contributed by atoms with van der Waals surface area (Å²) in [5.41, 5.74) is 3.24. The lowest BCUT2D eigenvalue weighted by atomic mass is 10.1. The summed E-state index contributed by atoms with van der Waals surface area (Å²) < 4.78 is 11.5. The van der Waals surface area contributed by atoms with Crippen molar-refractivity contribution in [3.8, 4) is 5.75 Å². The van der Waals surface area contributed by atoms with E-state index >= 15 is 0 Å². The molecule has 146 valence electrons. The van der Waals surface area contributed by atoms with Crippen LogP contribution in [-0.2, 0) is 11.3 Å². The fraction of sp³-hybridized carbons (Fsp3) is 0.500. The number of benzene rings is 1. The number of ether oxygens (including phenoxy) is 2. The molecule has 0 radical (unpaired) electrons. The maximum Gasteiger partial charge on any atom is 0.251 e. The second-order valence-electron chi connectivity index (χ2n) is 7.15. The van der Waals surface area contributed by atoms with Crippen LogP contribution < -0.4 is 10.1 Å². The van der Waals surface area contributed by atoms with E-state index in [1.807, 2.05) is 17.5 Å². The van der Waals surface area contributed by atoms with E-state index in [2.05, 4.69) is 29.0 Å². The first-order valence-electron chi connectivity index (χ1n) is 9.32. The Hall–Kier alpha value is -1.96. The topological polar surface area (TPSA) is 63.7 Å². The summed E-state index contributed by atoms with van der Waals surface area (Å²) in [6.07, 6.45) is 0.0329. The number of rotatable bonds is 8. The van der Waals surface area contributed by atoms with E-state index in [-0.39, 0.29) is 12.0 Å². The minimum Gasteiger partial charge on any atom is -0.487 e. The standard InChI is InChI=1S/C20H27N3O3S/c1-15(2)10-23-6-7-25-19(11-23)9-21-20(24)16-4-3-5-18(8-16)26-12-17-13-27-14-22-17/h3-5,8,13-15,19H,6-7,9-12H2,1-2H3,(H,21,24). The van der Waals surface area contributed by atoms with Gasteiger partial charge in [0.15, 0.2) is 0 Å². The second kappa shape index (κ2) is 9.82. The quantitative estimate of drug-likeness (QED) is 0.752. The summed E-state index contributed by atoms with van der Waals surface area (Å²) in [6.45, 7) is 8.94. The van der Waals surface area contributed by atoms with Gasteiger partial charge in [-0.25, -0.2) is 4.98 Å². The van der Waals surface area contributed by atoms with Gasteiger partial charge in [0.25, 0.3) is 5.91 Å². The number of hydrogen-bond donors (Lipinski definition) is 1. The summed E-state index contributed by atoms with van der Waals surface area (Å²) in [7, 11) is 0. The zero-order valence-corrected chi connectivity index (χ0v) is 16.7. The lowest BCUT2D eigenvalue weighted by Gasteiger charge is -2.33. The van der Waals surface area contributed by atoms with Gasteiger partial charge in [0.05, 0.1) is 23.9 Å². The van der Waals surface area contributed by atoms with Gasteiger partial charge in [-0.05, 0) is 24.1 Å². The highest BCUT2D eigenvalue weighted by Crippen LogP contribution is 2.15. The van der Waals surface area contributed by atoms with Crippen LogP contribution >= 0.6 is 11.3 Å². The van der Waals surface area contributed by atoms with Crippen LogP contribution in [0.15, 0.2) is 35.2 Å². The number of nitrogens with zero attached hydrogens (tertiary/aromatic N) is 2. The van der Waals surface area contributed by atoms with Crippen LogP contribution in [0.1, 0.15) is 29.9 Å². The third kappa shape index (κ3) is 6.30. The molecule has 0 bridgehead atoms. The van der Waals surface area contributed by atoms with Crippen LogP contribution in [0.25, 0.3) is 0 Å². The minimum atomic E-state index is -0.112. The maximum absolute atomic E-state index is 12.5. The Bertz CT molecular complexity index is 721. The molecule has 3 rings (SSSR count). The Morgan fingerprint density at radius 2 is 2.37 bits per heavy atom. The van der Waals surface area contributed by atoms with Crippen molar-refractivity contribution in [2.75, 3.05) is 32.8 Å². The maximum atomic E-state index is 12.5. The van der Waals surface area contributed by atoms with E-state index in [9.17, 15) is 4.79 Å². The Balaban J connectivity index is 1.48. The Kier molecular flexibility index (Phi) is 7.20. The fourth-order valence-electron chi connectivity index (χ4n) is 3.09. The zero-order valence-electron chi connectivity index (χ0n) is 15.9. The first-order chi connectivity index (χ1) is 13.1. The third-order valence-electron chi connectivity index (χ3n) is 4.30. The molecule has 1 atom stereocenters. The van der Waals surface area contributed by atoms with Gasteiger partial charge in [-0.2, -0.15) is 0 Å². The van der Waals surface area contributed by atoms with Gasteiger partial charge in [-0.1, -0.05) is 19.9 Å². The molecule has 0 saturated carbocycles. The molecule has 7 heteroatoms. The van der Waals surface area contributed by atoms with E-state index in [4.69, 9.17) is 9.47 Å². The van der Waals surface area contributed by atoms with Crippen molar-refractivity contribution in [2.24, 2.45) is 5.92 Å². The van der Waals surface area contributed by atoms with Crippen molar-refractivity contribution >= 4 is 17.2 Å². The lowest BCUT2D eigenvalue weighted by Crippen LogP contribution is -2.48. The number of nitrogens with one attached hydrogen (secondary N) is 1. The molecule has 2 aromatic rings. The van der Waals surface area contributed by atoms with Crippen LogP contribution in [0.5, 0.6) is 5.75 Å². The zero-order chi connectivity index (χ0) is 19.1. The van der Waals surface area contributed by atoms with E-state index in [1.165, 1.54) is 11.3 Å². The van der Waals surface area contributed by atoms with Crippen LogP contribution in [0.4, 0.5) is 0 Å². The van der Waals surface area contributed by atoms with Crippen molar-refractivity contribution in [2.45, 2.75) is 26.6 Å². The molecule has 0 spiro atoms. The third-order valence-corrected chi connectivity index (χ3v) is 4.94. The van der Waals surface area contributed by atoms with Gasteiger partial charge in [0.1, 0.15) is 12.4 Å². The van der Waals surface area contributed by atoms with Gasteiger partial charge < -0.3 is 14.8 Å². The predicted molar refractivity (Wildman–Crippen MR) is 106 cm³/mol. The molecule has 27 heavy (non-hydrogen) atoms. The SMILES string of the molecule is CC(C)CN1CCOC(CNC(=O)c2cccc(OCc3cscn3)c2)C1. The van der Waals surface area contributed by atoms with Crippen molar-refractivity contribution in [1.29, 1.82) is 0 Å². The summed E-state index contributed by atoms with van der Waals surface area (Å²) in [4.78, 5) is 19.1. The van der Waals surface area contributed by atoms with Gasteiger partial charge in [0.2, 0.25) is 0 Å². The smallest absolute Gasteiger partial charge is 0.251 e. The highest BCUT2D eigenvalue weighted by molar-refractivity contribution is 7.07. The average molecular weight is 390 g/mol. The molecule has 1 N–H and O–H groups in total. The lowest BCUT2D eigenvalue weighted by molar-refractivity contribution is -0.0295. The van der Waals surface area contributed by atoms with Crippen LogP contribution in [-0.4, -0.2) is 54.7 Å². The largest absolute Gasteiger partial charge is 0.487 e. The molecular weight excluding hydrogens is 362 g/mol. The molecular formula is C20H27N3O3S. The van der Waals surface area contributed by atoms with Crippen molar-refractivity contribution in [3.63, 3.8) is 0 Å². The molecule has 1 aliphatic rings. The summed E-state index contributed by atoms with van der Waals surface area (Å²) in [6, 6.07) is 7.22. The van der Waals surface area contributed by atoms with Crippen LogP contribution in [0.2, 0.25) is 0 Å². The molecule has 1 aromatic heterocycles. The first kappa shape index (κ1) is 19.8. The molecule has 0 aliphatic carbocycles.